The molecule has 1 amide bonds. The number of methoxy groups -OCH3 is 1. The molecule has 0 spiro atoms. The molecule has 0 aliphatic heterocycles. The molecule has 1 heterocycles. The minimum Gasteiger partial charge on any atom is -0.464 e. The highest BCUT2D eigenvalue weighted by atomic mass is 16.5. The van der Waals surface area contributed by atoms with Gasteiger partial charge >= 0.3 is 5.97 Å². The Morgan fingerprint density at radius 1 is 1.12 bits per heavy atom. The first-order valence-electron chi connectivity index (χ1n) is 7.91. The second-order valence-electron chi connectivity index (χ2n) is 6.91. The smallest absolute Gasteiger partial charge is 0.359 e. The molecule has 0 aliphatic rings. The van der Waals surface area contributed by atoms with E-state index < -0.39 is 17.4 Å². The van der Waals surface area contributed by atoms with Crippen molar-refractivity contribution < 1.29 is 19.5 Å². The van der Waals surface area contributed by atoms with E-state index in [1.165, 1.54) is 7.11 Å². The summed E-state index contributed by atoms with van der Waals surface area (Å²) >= 11 is 0. The normalized spacial score (nSPS) is 11.7. The summed E-state index contributed by atoms with van der Waals surface area (Å²) < 4.78 is 5.51. The molecule has 0 bridgehead atoms. The summed E-state index contributed by atoms with van der Waals surface area (Å²) in [4.78, 5) is 25.2. The Kier molecular flexibility index (Phi) is 3.91. The molecule has 0 saturated carbocycles. The molecule has 0 unspecified atom stereocenters. The maximum Gasteiger partial charge on any atom is 0.359 e. The summed E-state index contributed by atoms with van der Waals surface area (Å²) in [6.45, 7) is 5.54. The van der Waals surface area contributed by atoms with Crippen LogP contribution in [0.3, 0.4) is 0 Å². The fraction of sp³-hybridized carbons (Fsp3) is 0.263. The van der Waals surface area contributed by atoms with Gasteiger partial charge < -0.3 is 15.3 Å². The molecule has 3 aromatic rings. The topological polar surface area (TPSA) is 80.6 Å². The van der Waals surface area contributed by atoms with E-state index in [1.54, 1.807) is 6.07 Å². The van der Waals surface area contributed by atoms with Gasteiger partial charge in [-0.1, -0.05) is 30.3 Å². The molecule has 0 radical (unpaired) electrons. The average molecular weight is 340 g/mol. The van der Waals surface area contributed by atoms with Crippen molar-refractivity contribution in [2.45, 2.75) is 26.3 Å². The predicted molar refractivity (Wildman–Crippen MR) is 95.2 cm³/mol. The van der Waals surface area contributed by atoms with E-state index in [-0.39, 0.29) is 11.3 Å². The number of fused-ring (bicyclic) bond motifs is 3. The third kappa shape index (κ3) is 2.80. The minimum atomic E-state index is -0.776. The van der Waals surface area contributed by atoms with E-state index in [9.17, 15) is 14.8 Å². The van der Waals surface area contributed by atoms with Gasteiger partial charge in [0.05, 0.1) is 18.2 Å². The van der Waals surface area contributed by atoms with Gasteiger partial charge in [0.15, 0.2) is 5.69 Å². The Hall–Kier alpha value is -3.02. The largest absolute Gasteiger partial charge is 0.464 e. The van der Waals surface area contributed by atoms with Gasteiger partial charge in [-0.3, -0.25) is 4.79 Å². The summed E-state index contributed by atoms with van der Waals surface area (Å²) in [5.41, 5.74) is -0.205. The van der Waals surface area contributed by atoms with Crippen LogP contribution in [0.25, 0.3) is 21.7 Å². The van der Waals surface area contributed by atoms with Crippen LogP contribution in [-0.4, -0.2) is 34.5 Å². The van der Waals surface area contributed by atoms with Crippen molar-refractivity contribution in [3.63, 3.8) is 0 Å². The number of aromatic nitrogens is 1. The number of nitrogens with zero attached hydrogens (tertiary/aromatic N) is 1. The minimum absolute atomic E-state index is 0.107. The highest BCUT2D eigenvalue weighted by Crippen LogP contribution is 2.33. The van der Waals surface area contributed by atoms with Gasteiger partial charge in [-0.05, 0) is 37.6 Å². The molecule has 6 heteroatoms. The summed E-state index contributed by atoms with van der Waals surface area (Å²) in [5, 5.41) is 15.6. The molecule has 0 saturated heterocycles. The Morgan fingerprint density at radius 2 is 1.80 bits per heavy atom. The summed E-state index contributed by atoms with van der Waals surface area (Å²) in [5.74, 6) is -1.22. The van der Waals surface area contributed by atoms with Crippen molar-refractivity contribution >= 4 is 33.6 Å². The lowest BCUT2D eigenvalue weighted by Crippen LogP contribution is -2.41. The maximum absolute atomic E-state index is 12.9. The maximum atomic E-state index is 12.9. The number of esters is 1. The van der Waals surface area contributed by atoms with Crippen LogP contribution in [0.4, 0.5) is 0 Å². The van der Waals surface area contributed by atoms with Gasteiger partial charge in [0, 0.05) is 10.9 Å². The third-order valence-electron chi connectivity index (χ3n) is 3.93. The third-order valence-corrected chi connectivity index (χ3v) is 3.93. The summed E-state index contributed by atoms with van der Waals surface area (Å²) in [6, 6.07) is 11.0. The number of ether oxygens (including phenoxy) is 1. The summed E-state index contributed by atoms with van der Waals surface area (Å²) in [6.07, 6.45) is 0. The van der Waals surface area contributed by atoms with Crippen LogP contribution in [0.15, 0.2) is 36.4 Å². The van der Waals surface area contributed by atoms with Crippen LogP contribution in [-0.2, 0) is 4.74 Å². The lowest BCUT2D eigenvalue weighted by molar-refractivity contribution is 0.0547. The van der Waals surface area contributed by atoms with Crippen molar-refractivity contribution in [2.24, 2.45) is 0 Å². The van der Waals surface area contributed by atoms with Crippen molar-refractivity contribution in [1.82, 2.24) is 10.0 Å². The van der Waals surface area contributed by atoms with Crippen LogP contribution >= 0.6 is 0 Å². The number of benzene rings is 2. The first kappa shape index (κ1) is 16.8. The van der Waals surface area contributed by atoms with Crippen molar-refractivity contribution in [3.8, 4) is 0 Å². The fourth-order valence-electron chi connectivity index (χ4n) is 2.95. The number of hydrogen-bond acceptors (Lipinski definition) is 4. The molecule has 25 heavy (non-hydrogen) atoms. The second kappa shape index (κ2) is 5.81. The van der Waals surface area contributed by atoms with E-state index >= 15 is 0 Å². The quantitative estimate of drug-likeness (QED) is 0.554. The van der Waals surface area contributed by atoms with Gasteiger partial charge in [-0.15, -0.1) is 0 Å². The number of nitrogens with one attached hydrogen (secondary N) is 1. The highest BCUT2D eigenvalue weighted by molar-refractivity contribution is 6.22. The Balaban J connectivity index is 2.43. The summed E-state index contributed by atoms with van der Waals surface area (Å²) in [7, 11) is 1.21. The van der Waals surface area contributed by atoms with Gasteiger partial charge in [0.25, 0.3) is 5.91 Å². The number of rotatable bonds is 2. The number of carbonyl (C=O) groups is 2. The fourth-order valence-corrected chi connectivity index (χ4v) is 2.95. The van der Waals surface area contributed by atoms with E-state index in [0.29, 0.717) is 10.9 Å². The standard InChI is InChI=1S/C19H20N2O4/c1-19(2,3)20-17(22)15-14-12-8-6-5-7-11(12)9-10-13(14)21(24)16(15)18(23)25-4/h5-10,24H,1-4H3,(H,20,22). The molecule has 3 rings (SSSR count). The molecule has 2 N–H and O–H groups in total. The van der Waals surface area contributed by atoms with Gasteiger partial charge in [-0.2, -0.15) is 4.73 Å². The first-order chi connectivity index (χ1) is 11.7. The van der Waals surface area contributed by atoms with Gasteiger partial charge in [-0.25, -0.2) is 4.79 Å². The molecule has 0 aliphatic carbocycles. The molecular weight excluding hydrogens is 320 g/mol. The highest BCUT2D eigenvalue weighted by Gasteiger charge is 2.30. The molecule has 0 fully saturated rings. The number of carbonyl (C=O) groups excluding carboxylic acids is 2. The average Bonchev–Trinajstić information content (AvgIpc) is 2.86. The van der Waals surface area contributed by atoms with E-state index in [2.05, 4.69) is 5.32 Å². The van der Waals surface area contributed by atoms with Crippen molar-refractivity contribution in [2.75, 3.05) is 7.11 Å². The van der Waals surface area contributed by atoms with E-state index in [4.69, 9.17) is 4.74 Å². The number of hydrogen-bond donors (Lipinski definition) is 2. The van der Waals surface area contributed by atoms with E-state index in [1.807, 2.05) is 51.1 Å². The van der Waals surface area contributed by atoms with Crippen LogP contribution in [0.5, 0.6) is 0 Å². The van der Waals surface area contributed by atoms with Gasteiger partial charge in [0.2, 0.25) is 0 Å². The Labute approximate surface area is 145 Å². The second-order valence-corrected chi connectivity index (χ2v) is 6.91. The zero-order chi connectivity index (χ0) is 18.4. The SMILES string of the molecule is COC(=O)c1c(C(=O)NC(C)(C)C)c2c3ccccc3ccc2n1O. The number of amides is 1. The van der Waals surface area contributed by atoms with Crippen LogP contribution in [0, 0.1) is 0 Å². The molecule has 6 nitrogen and oxygen atoms in total. The monoisotopic (exact) mass is 340 g/mol. The zero-order valence-electron chi connectivity index (χ0n) is 14.6. The van der Waals surface area contributed by atoms with Crippen molar-refractivity contribution in [1.29, 1.82) is 0 Å². The predicted octanol–water partition coefficient (Wildman–Crippen LogP) is 3.35. The molecule has 1 aromatic heterocycles. The van der Waals surface area contributed by atoms with Gasteiger partial charge in [0.1, 0.15) is 0 Å². The molecule has 2 aromatic carbocycles. The first-order valence-corrected chi connectivity index (χ1v) is 7.91. The zero-order valence-corrected chi connectivity index (χ0v) is 14.6. The van der Waals surface area contributed by atoms with Crippen molar-refractivity contribution in [3.05, 3.63) is 47.7 Å². The van der Waals surface area contributed by atoms with E-state index in [0.717, 1.165) is 15.5 Å². The Morgan fingerprint density at radius 3 is 2.44 bits per heavy atom. The van der Waals surface area contributed by atoms with Crippen LogP contribution in [0.1, 0.15) is 41.6 Å². The molecular formula is C19H20N2O4. The van der Waals surface area contributed by atoms with Crippen LogP contribution in [0.2, 0.25) is 0 Å². The van der Waals surface area contributed by atoms with Crippen LogP contribution < -0.4 is 5.32 Å². The molecule has 130 valence electrons. The Bertz CT molecular complexity index is 996. The lowest BCUT2D eigenvalue weighted by Gasteiger charge is -2.20. The molecule has 0 atom stereocenters. The lowest BCUT2D eigenvalue weighted by atomic mass is 10.0.